The van der Waals surface area contributed by atoms with Crippen molar-refractivity contribution in [3.05, 3.63) is 0 Å². The van der Waals surface area contributed by atoms with Crippen molar-refractivity contribution < 1.29 is 14.7 Å². The Balaban J connectivity index is 2.27. The number of carboxylic acids is 1. The Morgan fingerprint density at radius 2 is 2.24 bits per heavy atom. The number of carbonyl (C=O) groups is 2. The van der Waals surface area contributed by atoms with E-state index in [1.807, 2.05) is 6.92 Å². The number of terminal acetylenes is 1. The molecule has 5 nitrogen and oxygen atoms in total. The maximum Gasteiger partial charge on any atom is 0.318 e. The van der Waals surface area contributed by atoms with E-state index in [1.54, 1.807) is 4.90 Å². The van der Waals surface area contributed by atoms with Crippen LogP contribution in [0.5, 0.6) is 0 Å². The summed E-state index contributed by atoms with van der Waals surface area (Å²) in [6.45, 7) is 3.01. The van der Waals surface area contributed by atoms with Gasteiger partial charge in [0.2, 0.25) is 0 Å². The topological polar surface area (TPSA) is 69.6 Å². The van der Waals surface area contributed by atoms with Gasteiger partial charge in [0.05, 0.1) is 12.5 Å². The van der Waals surface area contributed by atoms with Crippen LogP contribution in [0.3, 0.4) is 0 Å². The third-order valence-electron chi connectivity index (χ3n) is 2.78. The first-order valence-electron chi connectivity index (χ1n) is 5.80. The molecule has 0 radical (unpaired) electrons. The Labute approximate surface area is 101 Å². The second kappa shape index (κ2) is 6.14. The van der Waals surface area contributed by atoms with Crippen molar-refractivity contribution in [1.29, 1.82) is 0 Å². The number of rotatable bonds is 5. The van der Waals surface area contributed by atoms with Gasteiger partial charge >= 0.3 is 12.0 Å². The van der Waals surface area contributed by atoms with E-state index in [0.29, 0.717) is 13.1 Å². The van der Waals surface area contributed by atoms with Gasteiger partial charge in [-0.3, -0.25) is 4.79 Å². The molecule has 0 bridgehead atoms. The number of nitrogens with one attached hydrogen (secondary N) is 1. The fourth-order valence-electron chi connectivity index (χ4n) is 1.84. The zero-order valence-corrected chi connectivity index (χ0v) is 9.98. The third-order valence-corrected chi connectivity index (χ3v) is 2.78. The highest BCUT2D eigenvalue weighted by atomic mass is 16.4. The van der Waals surface area contributed by atoms with Gasteiger partial charge in [0.1, 0.15) is 0 Å². The molecule has 94 valence electrons. The molecule has 0 saturated carbocycles. The van der Waals surface area contributed by atoms with Gasteiger partial charge in [-0.2, -0.15) is 0 Å². The van der Waals surface area contributed by atoms with E-state index in [9.17, 15) is 9.59 Å². The Morgan fingerprint density at radius 1 is 1.59 bits per heavy atom. The maximum absolute atomic E-state index is 11.7. The fraction of sp³-hybridized carbons (Fsp3) is 0.667. The van der Waals surface area contributed by atoms with Gasteiger partial charge in [-0.05, 0) is 6.42 Å². The van der Waals surface area contributed by atoms with Crippen LogP contribution in [-0.4, -0.2) is 41.1 Å². The number of amides is 2. The van der Waals surface area contributed by atoms with E-state index in [-0.39, 0.29) is 24.4 Å². The summed E-state index contributed by atoms with van der Waals surface area (Å²) in [5.74, 6) is 1.79. The molecule has 0 spiro atoms. The molecule has 1 rings (SSSR count). The minimum Gasteiger partial charge on any atom is -0.481 e. The summed E-state index contributed by atoms with van der Waals surface area (Å²) in [5, 5.41) is 11.3. The highest BCUT2D eigenvalue weighted by Gasteiger charge is 2.32. The molecule has 1 unspecified atom stereocenters. The quantitative estimate of drug-likeness (QED) is 0.699. The van der Waals surface area contributed by atoms with E-state index in [2.05, 4.69) is 11.2 Å². The molecule has 0 aromatic carbocycles. The third kappa shape index (κ3) is 3.99. The van der Waals surface area contributed by atoms with Crippen molar-refractivity contribution >= 4 is 12.0 Å². The number of carbonyl (C=O) groups excluding carboxylic acids is 1. The first-order valence-corrected chi connectivity index (χ1v) is 5.80. The lowest BCUT2D eigenvalue weighted by molar-refractivity contribution is -0.139. The first kappa shape index (κ1) is 13.4. The summed E-state index contributed by atoms with van der Waals surface area (Å²) in [6, 6.07) is -0.422. The van der Waals surface area contributed by atoms with Crippen molar-refractivity contribution in [2.75, 3.05) is 13.1 Å². The summed E-state index contributed by atoms with van der Waals surface area (Å²) < 4.78 is 0. The number of hydrogen-bond acceptors (Lipinski definition) is 2. The zero-order valence-electron chi connectivity index (χ0n) is 9.98. The van der Waals surface area contributed by atoms with Crippen molar-refractivity contribution in [3.8, 4) is 12.3 Å². The lowest BCUT2D eigenvalue weighted by atomic mass is 9.97. The minimum atomic E-state index is -0.817. The van der Waals surface area contributed by atoms with Crippen molar-refractivity contribution in [2.45, 2.75) is 32.2 Å². The molecule has 0 aliphatic carbocycles. The molecular formula is C12H18N2O3. The lowest BCUT2D eigenvalue weighted by Gasteiger charge is -2.38. The molecule has 0 aromatic rings. The minimum absolute atomic E-state index is 0.0775. The molecule has 1 aliphatic heterocycles. The number of urea groups is 1. The van der Waals surface area contributed by atoms with Crippen LogP contribution in [0.4, 0.5) is 4.79 Å². The van der Waals surface area contributed by atoms with Crippen LogP contribution < -0.4 is 5.32 Å². The summed E-state index contributed by atoms with van der Waals surface area (Å²) >= 11 is 0. The Kier molecular flexibility index (Phi) is 4.83. The van der Waals surface area contributed by atoms with Crippen molar-refractivity contribution in [3.63, 3.8) is 0 Å². The average Bonchev–Trinajstić information content (AvgIpc) is 2.21. The van der Waals surface area contributed by atoms with Crippen molar-refractivity contribution in [1.82, 2.24) is 10.2 Å². The zero-order chi connectivity index (χ0) is 12.8. The Morgan fingerprint density at radius 3 is 2.71 bits per heavy atom. The van der Waals surface area contributed by atoms with Gasteiger partial charge in [-0.1, -0.05) is 19.3 Å². The van der Waals surface area contributed by atoms with E-state index in [4.69, 9.17) is 11.5 Å². The standard InChI is InChI=1S/C12H18N2O3/c1-3-5-10(4-2)13-12(17)14-7-9(8-14)6-11(15)16/h2,9-10H,3,5-8H2,1H3,(H,13,17)(H,15,16). The number of hydrogen-bond donors (Lipinski definition) is 2. The fourth-order valence-corrected chi connectivity index (χ4v) is 1.84. The second-order valence-electron chi connectivity index (χ2n) is 4.33. The number of nitrogens with zero attached hydrogens (tertiary/aromatic N) is 1. The number of aliphatic carboxylic acids is 1. The van der Waals surface area contributed by atoms with Gasteiger partial charge in [0.15, 0.2) is 0 Å². The highest BCUT2D eigenvalue weighted by Crippen LogP contribution is 2.18. The van der Waals surface area contributed by atoms with Gasteiger partial charge in [0, 0.05) is 19.0 Å². The van der Waals surface area contributed by atoms with Crippen molar-refractivity contribution in [2.24, 2.45) is 5.92 Å². The summed E-state index contributed by atoms with van der Waals surface area (Å²) in [6.07, 6.45) is 7.09. The molecule has 17 heavy (non-hydrogen) atoms. The van der Waals surface area contributed by atoms with E-state index < -0.39 is 5.97 Å². The summed E-state index contributed by atoms with van der Waals surface area (Å²) in [5.41, 5.74) is 0. The molecule has 2 amide bonds. The Bertz CT molecular complexity index is 329. The smallest absolute Gasteiger partial charge is 0.318 e. The van der Waals surface area contributed by atoms with E-state index in [1.165, 1.54) is 0 Å². The van der Waals surface area contributed by atoms with Crippen LogP contribution in [-0.2, 0) is 4.79 Å². The van der Waals surface area contributed by atoms with Gasteiger partial charge < -0.3 is 15.3 Å². The molecule has 1 fully saturated rings. The van der Waals surface area contributed by atoms with Crippen LogP contribution in [0, 0.1) is 18.3 Å². The molecule has 2 N–H and O–H groups in total. The van der Waals surface area contributed by atoms with Crippen LogP contribution in [0.25, 0.3) is 0 Å². The lowest BCUT2D eigenvalue weighted by Crippen LogP contribution is -2.55. The SMILES string of the molecule is C#CC(CCC)NC(=O)N1CC(CC(=O)O)C1. The first-order chi connectivity index (χ1) is 8.06. The van der Waals surface area contributed by atoms with Crippen LogP contribution in [0.15, 0.2) is 0 Å². The molecule has 1 aliphatic rings. The predicted octanol–water partition coefficient (Wildman–Crippen LogP) is 0.904. The van der Waals surface area contributed by atoms with Crippen LogP contribution >= 0.6 is 0 Å². The highest BCUT2D eigenvalue weighted by molar-refractivity contribution is 5.76. The molecule has 0 aromatic heterocycles. The molecule has 5 heteroatoms. The van der Waals surface area contributed by atoms with Gasteiger partial charge in [0.25, 0.3) is 0 Å². The molecule has 1 atom stereocenters. The summed E-state index contributed by atoms with van der Waals surface area (Å²) in [7, 11) is 0. The maximum atomic E-state index is 11.7. The van der Waals surface area contributed by atoms with Gasteiger partial charge in [-0.15, -0.1) is 6.42 Å². The summed E-state index contributed by atoms with van der Waals surface area (Å²) in [4.78, 5) is 23.7. The molecular weight excluding hydrogens is 220 g/mol. The van der Waals surface area contributed by atoms with Crippen LogP contribution in [0.2, 0.25) is 0 Å². The van der Waals surface area contributed by atoms with E-state index in [0.717, 1.165) is 12.8 Å². The van der Waals surface area contributed by atoms with Crippen LogP contribution in [0.1, 0.15) is 26.2 Å². The number of likely N-dealkylation sites (tertiary alicyclic amines) is 1. The monoisotopic (exact) mass is 238 g/mol. The molecule has 1 saturated heterocycles. The van der Waals surface area contributed by atoms with E-state index >= 15 is 0 Å². The predicted molar refractivity (Wildman–Crippen MR) is 63.4 cm³/mol. The average molecular weight is 238 g/mol. The number of carboxylic acid groups (broad SMARTS) is 1. The molecule has 1 heterocycles. The largest absolute Gasteiger partial charge is 0.481 e. The second-order valence-corrected chi connectivity index (χ2v) is 4.33. The van der Waals surface area contributed by atoms with Gasteiger partial charge in [-0.25, -0.2) is 4.79 Å². The normalized spacial score (nSPS) is 16.8. The Hall–Kier alpha value is -1.70.